The summed E-state index contributed by atoms with van der Waals surface area (Å²) in [5.41, 5.74) is 0. The van der Waals surface area contributed by atoms with E-state index >= 15 is 0 Å². The second-order valence-electron chi connectivity index (χ2n) is 4.39. The highest BCUT2D eigenvalue weighted by molar-refractivity contribution is 7.89. The van der Waals surface area contributed by atoms with Crippen molar-refractivity contribution in [2.24, 2.45) is 0 Å². The van der Waals surface area contributed by atoms with Crippen molar-refractivity contribution in [1.29, 1.82) is 0 Å². The summed E-state index contributed by atoms with van der Waals surface area (Å²) in [6, 6.07) is 4.60. The van der Waals surface area contributed by atoms with Crippen LogP contribution in [0.3, 0.4) is 0 Å². The van der Waals surface area contributed by atoms with Gasteiger partial charge in [-0.05, 0) is 12.1 Å². The predicted molar refractivity (Wildman–Crippen MR) is 78.8 cm³/mol. The Morgan fingerprint density at radius 3 is 2.62 bits per heavy atom. The van der Waals surface area contributed by atoms with Crippen LogP contribution in [0.25, 0.3) is 0 Å². The Labute approximate surface area is 129 Å². The Hall–Kier alpha value is -1.02. The molecule has 0 radical (unpaired) electrons. The Kier molecular flexibility index (Phi) is 5.69. The molecule has 0 saturated carbocycles. The number of nitrogens with zero attached hydrogens (tertiary/aromatic N) is 1. The zero-order valence-corrected chi connectivity index (χ0v) is 13.3. The summed E-state index contributed by atoms with van der Waals surface area (Å²) >= 11 is 5.69. The SMILES string of the molecule is COCCN(CCCl)S(=O)(=O)c1ccc2c(c1)OCCO2. The standard InChI is InChI=1S/C13H18ClNO5S/c1-18-7-6-15(5-4-14)21(16,17)11-2-3-12-13(10-11)20-9-8-19-12/h2-3,10H,4-9H2,1H3. The van der Waals surface area contributed by atoms with E-state index in [1.807, 2.05) is 0 Å². The second-order valence-corrected chi connectivity index (χ2v) is 6.71. The van der Waals surface area contributed by atoms with Crippen LogP contribution in [0.2, 0.25) is 0 Å². The molecule has 0 amide bonds. The molecule has 0 atom stereocenters. The third kappa shape index (κ3) is 3.79. The molecule has 0 aromatic heterocycles. The molecule has 1 heterocycles. The van der Waals surface area contributed by atoms with Crippen molar-refractivity contribution >= 4 is 21.6 Å². The third-order valence-corrected chi connectivity index (χ3v) is 5.09. The highest BCUT2D eigenvalue weighted by Crippen LogP contribution is 2.33. The van der Waals surface area contributed by atoms with Gasteiger partial charge in [-0.3, -0.25) is 0 Å². The average molecular weight is 336 g/mol. The molecular weight excluding hydrogens is 318 g/mol. The van der Waals surface area contributed by atoms with Gasteiger partial charge < -0.3 is 14.2 Å². The molecule has 0 unspecified atom stereocenters. The molecule has 0 aliphatic carbocycles. The van der Waals surface area contributed by atoms with Crippen LogP contribution in [-0.2, 0) is 14.8 Å². The number of hydrogen-bond donors (Lipinski definition) is 0. The lowest BCUT2D eigenvalue weighted by atomic mass is 10.3. The summed E-state index contributed by atoms with van der Waals surface area (Å²) in [5, 5.41) is 0. The summed E-state index contributed by atoms with van der Waals surface area (Å²) < 4.78 is 42.3. The Bertz CT molecular complexity index is 578. The van der Waals surface area contributed by atoms with Crippen LogP contribution in [0, 0.1) is 0 Å². The molecule has 118 valence electrons. The van der Waals surface area contributed by atoms with Gasteiger partial charge in [-0.1, -0.05) is 0 Å². The van der Waals surface area contributed by atoms with E-state index in [4.69, 9.17) is 25.8 Å². The lowest BCUT2D eigenvalue weighted by molar-refractivity contribution is 0.171. The first-order chi connectivity index (χ1) is 10.1. The molecule has 0 N–H and O–H groups in total. The molecule has 2 rings (SSSR count). The van der Waals surface area contributed by atoms with Crippen molar-refractivity contribution in [3.8, 4) is 11.5 Å². The minimum Gasteiger partial charge on any atom is -0.486 e. The number of benzene rings is 1. The molecule has 8 heteroatoms. The van der Waals surface area contributed by atoms with Gasteiger partial charge in [0.25, 0.3) is 0 Å². The first kappa shape index (κ1) is 16.4. The normalized spacial score (nSPS) is 14.4. The van der Waals surface area contributed by atoms with E-state index in [9.17, 15) is 8.42 Å². The molecule has 0 fully saturated rings. The zero-order chi connectivity index (χ0) is 15.3. The van der Waals surface area contributed by atoms with Crippen LogP contribution in [-0.4, -0.2) is 58.6 Å². The summed E-state index contributed by atoms with van der Waals surface area (Å²) in [6.07, 6.45) is 0. The molecule has 6 nitrogen and oxygen atoms in total. The number of fused-ring (bicyclic) bond motifs is 1. The molecule has 1 aliphatic heterocycles. The summed E-state index contributed by atoms with van der Waals surface area (Å²) in [4.78, 5) is 0.160. The van der Waals surface area contributed by atoms with E-state index in [0.717, 1.165) is 0 Å². The Balaban J connectivity index is 2.28. The fourth-order valence-corrected chi connectivity index (χ4v) is 3.72. The fourth-order valence-electron chi connectivity index (χ4n) is 1.97. The van der Waals surface area contributed by atoms with Crippen LogP contribution in [0.5, 0.6) is 11.5 Å². The third-order valence-electron chi connectivity index (χ3n) is 3.03. The number of ether oxygens (including phenoxy) is 3. The van der Waals surface area contributed by atoms with E-state index in [1.54, 1.807) is 6.07 Å². The van der Waals surface area contributed by atoms with Gasteiger partial charge in [0.15, 0.2) is 11.5 Å². The number of methoxy groups -OCH3 is 1. The first-order valence-corrected chi connectivity index (χ1v) is 8.51. The van der Waals surface area contributed by atoms with Crippen LogP contribution in [0.1, 0.15) is 0 Å². The van der Waals surface area contributed by atoms with Gasteiger partial charge in [-0.25, -0.2) is 8.42 Å². The molecular formula is C13H18ClNO5S. The van der Waals surface area contributed by atoms with Crippen LogP contribution in [0.15, 0.2) is 23.1 Å². The second kappa shape index (κ2) is 7.31. The molecule has 1 aliphatic rings. The maximum atomic E-state index is 12.6. The topological polar surface area (TPSA) is 65.1 Å². The van der Waals surface area contributed by atoms with Gasteiger partial charge in [0.05, 0.1) is 11.5 Å². The molecule has 21 heavy (non-hydrogen) atoms. The maximum absolute atomic E-state index is 12.6. The van der Waals surface area contributed by atoms with Gasteiger partial charge in [0.1, 0.15) is 13.2 Å². The van der Waals surface area contributed by atoms with Gasteiger partial charge in [0, 0.05) is 32.1 Å². The van der Waals surface area contributed by atoms with E-state index < -0.39 is 10.0 Å². The minimum atomic E-state index is -3.64. The monoisotopic (exact) mass is 335 g/mol. The van der Waals surface area contributed by atoms with Crippen molar-refractivity contribution in [2.45, 2.75) is 4.90 Å². The quantitative estimate of drug-likeness (QED) is 0.703. The maximum Gasteiger partial charge on any atom is 0.243 e. The Morgan fingerprint density at radius 1 is 1.24 bits per heavy atom. The average Bonchev–Trinajstić information content (AvgIpc) is 2.50. The fraction of sp³-hybridized carbons (Fsp3) is 0.538. The van der Waals surface area contributed by atoms with E-state index in [0.29, 0.717) is 31.3 Å². The molecule has 0 bridgehead atoms. The zero-order valence-electron chi connectivity index (χ0n) is 11.7. The number of sulfonamides is 1. The van der Waals surface area contributed by atoms with Crippen LogP contribution >= 0.6 is 11.6 Å². The summed E-state index contributed by atoms with van der Waals surface area (Å²) in [5.74, 6) is 1.22. The highest BCUT2D eigenvalue weighted by Gasteiger charge is 2.25. The molecule has 0 saturated heterocycles. The van der Waals surface area contributed by atoms with Crippen molar-refractivity contribution in [3.05, 3.63) is 18.2 Å². The van der Waals surface area contributed by atoms with Crippen LogP contribution in [0.4, 0.5) is 0 Å². The van der Waals surface area contributed by atoms with E-state index in [2.05, 4.69) is 0 Å². The Morgan fingerprint density at radius 2 is 1.95 bits per heavy atom. The predicted octanol–water partition coefficient (Wildman–Crippen LogP) is 1.33. The van der Waals surface area contributed by atoms with Crippen molar-refractivity contribution in [2.75, 3.05) is 45.9 Å². The van der Waals surface area contributed by atoms with Crippen LogP contribution < -0.4 is 9.47 Å². The minimum absolute atomic E-state index is 0.160. The lowest BCUT2D eigenvalue weighted by Crippen LogP contribution is -2.35. The number of hydrogen-bond acceptors (Lipinski definition) is 5. The lowest BCUT2D eigenvalue weighted by Gasteiger charge is -2.23. The van der Waals surface area contributed by atoms with E-state index in [-0.39, 0.29) is 23.9 Å². The number of halogens is 1. The smallest absolute Gasteiger partial charge is 0.243 e. The number of rotatable bonds is 7. The molecule has 1 aromatic carbocycles. The molecule has 1 aromatic rings. The van der Waals surface area contributed by atoms with Gasteiger partial charge in [0.2, 0.25) is 10.0 Å². The van der Waals surface area contributed by atoms with Crippen molar-refractivity contribution in [3.63, 3.8) is 0 Å². The van der Waals surface area contributed by atoms with Crippen molar-refractivity contribution in [1.82, 2.24) is 4.31 Å². The first-order valence-electron chi connectivity index (χ1n) is 6.54. The summed E-state index contributed by atoms with van der Waals surface area (Å²) in [6.45, 7) is 1.65. The highest BCUT2D eigenvalue weighted by atomic mass is 35.5. The summed E-state index contributed by atoms with van der Waals surface area (Å²) in [7, 11) is -2.11. The van der Waals surface area contributed by atoms with Crippen molar-refractivity contribution < 1.29 is 22.6 Å². The number of alkyl halides is 1. The largest absolute Gasteiger partial charge is 0.486 e. The molecule has 0 spiro atoms. The van der Waals surface area contributed by atoms with Gasteiger partial charge in [-0.2, -0.15) is 4.31 Å². The van der Waals surface area contributed by atoms with Gasteiger partial charge in [-0.15, -0.1) is 11.6 Å². The van der Waals surface area contributed by atoms with E-state index in [1.165, 1.54) is 23.5 Å². The van der Waals surface area contributed by atoms with Gasteiger partial charge >= 0.3 is 0 Å².